The van der Waals surface area contributed by atoms with Crippen LogP contribution >= 0.6 is 11.6 Å². The van der Waals surface area contributed by atoms with Crippen molar-refractivity contribution in [3.8, 4) is 0 Å². The fraction of sp³-hybridized carbons (Fsp3) is 0.444. The molecule has 5 N–H and O–H groups in total. The van der Waals surface area contributed by atoms with Gasteiger partial charge in [-0.1, -0.05) is 30.7 Å². The Hall–Kier alpha value is -2.65. The predicted molar refractivity (Wildman–Crippen MR) is 112 cm³/mol. The van der Waals surface area contributed by atoms with Crippen LogP contribution in [0.15, 0.2) is 18.2 Å². The monoisotopic (exact) mass is 404 g/mol. The number of aliphatic hydroxyl groups excluding tert-OH is 1. The minimum absolute atomic E-state index is 0.0334. The highest BCUT2D eigenvalue weighted by atomic mass is 35.5. The number of nitrogens with two attached hydrogens (primary N) is 1. The van der Waals surface area contributed by atoms with Gasteiger partial charge in [0.15, 0.2) is 17.0 Å². The summed E-state index contributed by atoms with van der Waals surface area (Å²) in [7, 11) is 0. The Morgan fingerprint density at radius 3 is 2.54 bits per heavy atom. The highest BCUT2D eigenvalue weighted by Crippen LogP contribution is 2.28. The van der Waals surface area contributed by atoms with E-state index in [-0.39, 0.29) is 24.6 Å². The highest BCUT2D eigenvalue weighted by Gasteiger charge is 2.19. The van der Waals surface area contributed by atoms with E-state index in [1.807, 2.05) is 27.7 Å². The Morgan fingerprint density at radius 1 is 1.18 bits per heavy atom. The van der Waals surface area contributed by atoms with E-state index in [0.717, 1.165) is 0 Å². The van der Waals surface area contributed by atoms with E-state index >= 15 is 0 Å². The number of nitrogen functional groups attached to an aromatic ring is 1. The maximum atomic E-state index is 9.65. The quantitative estimate of drug-likeness (QED) is 0.442. The Bertz CT molecular complexity index is 951. The molecule has 0 saturated carbocycles. The van der Waals surface area contributed by atoms with Gasteiger partial charge in [0, 0.05) is 16.4 Å². The van der Waals surface area contributed by atoms with Crippen molar-refractivity contribution in [1.29, 1.82) is 0 Å². The first-order valence-electron chi connectivity index (χ1n) is 9.12. The number of benzene rings is 1. The molecular weight excluding hydrogens is 380 g/mol. The molecule has 0 aliphatic heterocycles. The van der Waals surface area contributed by atoms with Crippen molar-refractivity contribution in [2.75, 3.05) is 23.0 Å². The Labute approximate surface area is 168 Å². The van der Waals surface area contributed by atoms with Crippen LogP contribution < -0.4 is 16.4 Å². The standard InChI is InChI=1S/C18H25ClN8O/c1-9(2)14(8-28)22-18-23-16(21-13-6-11(19)5-12(20)7-13)15-17(24-18)27(10(3)4)26-25-15/h5-7,9-10,14,28H,8,20H2,1-4H3,(H2,21,22,23,24)/t14-/m0/s1. The summed E-state index contributed by atoms with van der Waals surface area (Å²) in [5, 5.41) is 25.0. The van der Waals surface area contributed by atoms with Crippen molar-refractivity contribution in [3.63, 3.8) is 0 Å². The SMILES string of the molecule is CC(C)[C@H](CO)Nc1nc(Nc2cc(N)cc(Cl)c2)c2nnn(C(C)C)c2n1. The first-order valence-corrected chi connectivity index (χ1v) is 9.49. The van der Waals surface area contributed by atoms with Gasteiger partial charge in [-0.05, 0) is 38.0 Å². The molecule has 0 radical (unpaired) electrons. The topological polar surface area (TPSA) is 127 Å². The van der Waals surface area contributed by atoms with E-state index in [4.69, 9.17) is 17.3 Å². The molecule has 10 heteroatoms. The van der Waals surface area contributed by atoms with Crippen LogP contribution in [0.25, 0.3) is 11.2 Å². The van der Waals surface area contributed by atoms with Gasteiger partial charge in [-0.25, -0.2) is 4.68 Å². The summed E-state index contributed by atoms with van der Waals surface area (Å²) in [4.78, 5) is 9.13. The number of aromatic nitrogens is 5. The summed E-state index contributed by atoms with van der Waals surface area (Å²) in [6.45, 7) is 7.99. The van der Waals surface area contributed by atoms with Crippen molar-refractivity contribution in [2.24, 2.45) is 5.92 Å². The number of nitrogens with zero attached hydrogens (tertiary/aromatic N) is 5. The zero-order chi connectivity index (χ0) is 20.4. The van der Waals surface area contributed by atoms with Crippen molar-refractivity contribution < 1.29 is 5.11 Å². The minimum atomic E-state index is -0.185. The lowest BCUT2D eigenvalue weighted by atomic mass is 10.1. The zero-order valence-corrected chi connectivity index (χ0v) is 17.1. The van der Waals surface area contributed by atoms with E-state index in [9.17, 15) is 5.11 Å². The van der Waals surface area contributed by atoms with Crippen molar-refractivity contribution in [1.82, 2.24) is 25.0 Å². The average Bonchev–Trinajstić information content (AvgIpc) is 3.03. The Morgan fingerprint density at radius 2 is 1.93 bits per heavy atom. The molecule has 0 bridgehead atoms. The molecule has 2 heterocycles. The summed E-state index contributed by atoms with van der Waals surface area (Å²) < 4.78 is 1.73. The summed E-state index contributed by atoms with van der Waals surface area (Å²) in [5.74, 6) is 1.05. The molecule has 0 aliphatic carbocycles. The molecule has 150 valence electrons. The molecule has 2 aromatic heterocycles. The van der Waals surface area contributed by atoms with Crippen LogP contribution in [0.2, 0.25) is 5.02 Å². The molecule has 0 aliphatic rings. The van der Waals surface area contributed by atoms with Gasteiger partial charge in [0.1, 0.15) is 0 Å². The smallest absolute Gasteiger partial charge is 0.227 e. The lowest BCUT2D eigenvalue weighted by Gasteiger charge is -2.20. The third-order valence-electron chi connectivity index (χ3n) is 4.31. The van der Waals surface area contributed by atoms with Gasteiger partial charge in [0.05, 0.1) is 18.7 Å². The lowest BCUT2D eigenvalue weighted by molar-refractivity contribution is 0.248. The molecule has 0 saturated heterocycles. The molecule has 9 nitrogen and oxygen atoms in total. The highest BCUT2D eigenvalue weighted by molar-refractivity contribution is 6.31. The Balaban J connectivity index is 2.08. The van der Waals surface area contributed by atoms with E-state index in [0.29, 0.717) is 39.3 Å². The first-order chi connectivity index (χ1) is 13.3. The predicted octanol–water partition coefficient (Wildman–Crippen LogP) is 3.21. The molecule has 0 unspecified atom stereocenters. The van der Waals surface area contributed by atoms with E-state index in [2.05, 4.69) is 30.9 Å². The first kappa shape index (κ1) is 20.1. The normalized spacial score (nSPS) is 12.7. The molecule has 0 spiro atoms. The fourth-order valence-corrected chi connectivity index (χ4v) is 2.98. The fourth-order valence-electron chi connectivity index (χ4n) is 2.74. The zero-order valence-electron chi connectivity index (χ0n) is 16.3. The Kier molecular flexibility index (Phi) is 5.85. The van der Waals surface area contributed by atoms with Crippen LogP contribution in [-0.2, 0) is 0 Å². The van der Waals surface area contributed by atoms with E-state index < -0.39 is 0 Å². The van der Waals surface area contributed by atoms with Crippen molar-refractivity contribution in [2.45, 2.75) is 39.8 Å². The number of nitrogens with one attached hydrogen (secondary N) is 2. The van der Waals surface area contributed by atoms with Gasteiger partial charge in [-0.3, -0.25) is 0 Å². The molecule has 0 amide bonds. The summed E-state index contributed by atoms with van der Waals surface area (Å²) in [6, 6.07) is 5.05. The van der Waals surface area contributed by atoms with Gasteiger partial charge in [-0.15, -0.1) is 5.10 Å². The molecular formula is C18H25ClN8O. The summed E-state index contributed by atoms with van der Waals surface area (Å²) >= 11 is 6.11. The second kappa shape index (κ2) is 8.15. The van der Waals surface area contributed by atoms with E-state index in [1.165, 1.54) is 0 Å². The second-order valence-electron chi connectivity index (χ2n) is 7.27. The van der Waals surface area contributed by atoms with Gasteiger partial charge in [-0.2, -0.15) is 9.97 Å². The van der Waals surface area contributed by atoms with Crippen LogP contribution in [0.1, 0.15) is 33.7 Å². The second-order valence-corrected chi connectivity index (χ2v) is 7.71. The molecule has 1 atom stereocenters. The molecule has 3 rings (SSSR count). The maximum Gasteiger partial charge on any atom is 0.227 e. The van der Waals surface area contributed by atoms with E-state index in [1.54, 1.807) is 22.9 Å². The van der Waals surface area contributed by atoms with Crippen LogP contribution in [0.4, 0.5) is 23.1 Å². The van der Waals surface area contributed by atoms with Crippen LogP contribution in [-0.4, -0.2) is 42.7 Å². The van der Waals surface area contributed by atoms with Crippen molar-refractivity contribution >= 4 is 45.9 Å². The molecule has 28 heavy (non-hydrogen) atoms. The number of rotatable bonds is 7. The van der Waals surface area contributed by atoms with Crippen LogP contribution in [0, 0.1) is 5.92 Å². The number of anilines is 4. The number of hydrogen-bond acceptors (Lipinski definition) is 8. The number of halogens is 1. The molecule has 0 fully saturated rings. The van der Waals surface area contributed by atoms with Crippen LogP contribution in [0.3, 0.4) is 0 Å². The van der Waals surface area contributed by atoms with Crippen molar-refractivity contribution in [3.05, 3.63) is 23.2 Å². The third-order valence-corrected chi connectivity index (χ3v) is 4.53. The lowest BCUT2D eigenvalue weighted by Crippen LogP contribution is -2.30. The summed E-state index contributed by atoms with van der Waals surface area (Å²) in [5.41, 5.74) is 8.22. The largest absolute Gasteiger partial charge is 0.399 e. The molecule has 3 aromatic rings. The number of aliphatic hydroxyl groups is 1. The average molecular weight is 405 g/mol. The third kappa shape index (κ3) is 4.26. The minimum Gasteiger partial charge on any atom is -0.399 e. The summed E-state index contributed by atoms with van der Waals surface area (Å²) in [6.07, 6.45) is 0. The number of hydrogen-bond donors (Lipinski definition) is 4. The molecule has 1 aromatic carbocycles. The maximum absolute atomic E-state index is 9.65. The van der Waals surface area contributed by atoms with Crippen LogP contribution in [0.5, 0.6) is 0 Å². The van der Waals surface area contributed by atoms with Gasteiger partial charge in [0.25, 0.3) is 0 Å². The van der Waals surface area contributed by atoms with Gasteiger partial charge < -0.3 is 21.5 Å². The number of fused-ring (bicyclic) bond motifs is 1. The van der Waals surface area contributed by atoms with Gasteiger partial charge >= 0.3 is 0 Å². The van der Waals surface area contributed by atoms with Gasteiger partial charge in [0.2, 0.25) is 5.95 Å².